The van der Waals surface area contributed by atoms with Gasteiger partial charge in [0.15, 0.2) is 11.4 Å². The number of carbonyl (C=O) groups is 1. The van der Waals surface area contributed by atoms with Gasteiger partial charge in [0.25, 0.3) is 0 Å². The van der Waals surface area contributed by atoms with Gasteiger partial charge in [-0.15, -0.1) is 0 Å². The molecule has 2 amide bonds. The summed E-state index contributed by atoms with van der Waals surface area (Å²) in [7, 11) is 0. The molecule has 7 nitrogen and oxygen atoms in total. The van der Waals surface area contributed by atoms with E-state index in [9.17, 15) is 36.2 Å². The quantitative estimate of drug-likeness (QED) is 0.576. The number of nitrogens with zero attached hydrogens (tertiary/aromatic N) is 2. The molecule has 0 radical (unpaired) electrons. The standard InChI is InChI=1S/C14H10Cl2F6N4O3/c1-12(28,14(20,21)22)5-2-6(15)9(7(16)3-5)25-11(27)23-4-8-24-10(29-26-8)13(17,18)19/h2-3,28H,4H2,1H3,(H2,23,25,27). The van der Waals surface area contributed by atoms with Crippen molar-refractivity contribution in [2.75, 3.05) is 5.32 Å². The van der Waals surface area contributed by atoms with Crippen LogP contribution in [0.2, 0.25) is 10.0 Å². The van der Waals surface area contributed by atoms with Gasteiger partial charge in [0, 0.05) is 0 Å². The Bertz CT molecular complexity index is 890. The fourth-order valence-electron chi connectivity index (χ4n) is 1.90. The van der Waals surface area contributed by atoms with Crippen LogP contribution in [0.5, 0.6) is 0 Å². The van der Waals surface area contributed by atoms with Crippen molar-refractivity contribution in [2.24, 2.45) is 0 Å². The molecule has 160 valence electrons. The summed E-state index contributed by atoms with van der Waals surface area (Å²) in [5, 5.41) is 16.0. The number of benzene rings is 1. The van der Waals surface area contributed by atoms with E-state index in [2.05, 4.69) is 25.3 Å². The van der Waals surface area contributed by atoms with Crippen molar-refractivity contribution in [1.82, 2.24) is 15.5 Å². The number of anilines is 1. The number of carbonyl (C=O) groups excluding carboxylic acids is 1. The van der Waals surface area contributed by atoms with Gasteiger partial charge < -0.3 is 20.3 Å². The van der Waals surface area contributed by atoms with E-state index >= 15 is 0 Å². The Labute approximate surface area is 168 Å². The Morgan fingerprint density at radius 1 is 1.17 bits per heavy atom. The summed E-state index contributed by atoms with van der Waals surface area (Å²) >= 11 is 11.7. The molecule has 2 rings (SSSR count). The number of aliphatic hydroxyl groups is 1. The highest BCUT2D eigenvalue weighted by Gasteiger charge is 2.51. The van der Waals surface area contributed by atoms with Crippen LogP contribution < -0.4 is 10.6 Å². The van der Waals surface area contributed by atoms with Crippen LogP contribution >= 0.6 is 23.2 Å². The summed E-state index contributed by atoms with van der Waals surface area (Å²) in [5.74, 6) is -2.09. The van der Waals surface area contributed by atoms with E-state index in [1.165, 1.54) is 0 Å². The number of aromatic nitrogens is 2. The molecule has 1 aromatic carbocycles. The van der Waals surface area contributed by atoms with Crippen LogP contribution in [0.25, 0.3) is 0 Å². The smallest absolute Gasteiger partial charge is 0.376 e. The molecular weight excluding hydrogens is 457 g/mol. The van der Waals surface area contributed by atoms with Crippen molar-refractivity contribution in [3.8, 4) is 0 Å². The van der Waals surface area contributed by atoms with E-state index < -0.39 is 57.9 Å². The molecule has 0 aliphatic carbocycles. The first kappa shape index (κ1) is 23.0. The van der Waals surface area contributed by atoms with Gasteiger partial charge >= 0.3 is 24.3 Å². The molecule has 0 saturated heterocycles. The van der Waals surface area contributed by atoms with Crippen LogP contribution in [-0.2, 0) is 18.3 Å². The van der Waals surface area contributed by atoms with Crippen LogP contribution in [0.15, 0.2) is 16.7 Å². The number of halogens is 8. The average molecular weight is 467 g/mol. The maximum Gasteiger partial charge on any atom is 0.471 e. The lowest BCUT2D eigenvalue weighted by molar-refractivity contribution is -0.258. The number of urea groups is 1. The Morgan fingerprint density at radius 2 is 1.72 bits per heavy atom. The summed E-state index contributed by atoms with van der Waals surface area (Å²) in [5.41, 5.74) is -4.22. The number of hydrogen-bond acceptors (Lipinski definition) is 5. The van der Waals surface area contributed by atoms with Crippen molar-refractivity contribution in [3.05, 3.63) is 39.5 Å². The summed E-state index contributed by atoms with van der Waals surface area (Å²) in [4.78, 5) is 14.9. The van der Waals surface area contributed by atoms with E-state index in [1.54, 1.807) is 0 Å². The molecule has 0 aliphatic heterocycles. The molecule has 29 heavy (non-hydrogen) atoms. The lowest BCUT2D eigenvalue weighted by Gasteiger charge is -2.27. The summed E-state index contributed by atoms with van der Waals surface area (Å²) in [6.07, 6.45) is -9.88. The van der Waals surface area contributed by atoms with Crippen molar-refractivity contribution in [2.45, 2.75) is 31.4 Å². The summed E-state index contributed by atoms with van der Waals surface area (Å²) < 4.78 is 79.8. The molecule has 0 aliphatic rings. The Kier molecular flexibility index (Phi) is 6.26. The van der Waals surface area contributed by atoms with E-state index in [4.69, 9.17) is 23.2 Å². The fraction of sp³-hybridized carbons (Fsp3) is 0.357. The van der Waals surface area contributed by atoms with Crippen molar-refractivity contribution in [1.29, 1.82) is 0 Å². The molecule has 0 spiro atoms. The lowest BCUT2D eigenvalue weighted by atomic mass is 9.95. The molecule has 1 unspecified atom stereocenters. The lowest BCUT2D eigenvalue weighted by Crippen LogP contribution is -2.39. The molecule has 0 fully saturated rings. The predicted octanol–water partition coefficient (Wildman–Crippen LogP) is 4.49. The first-order valence-electron chi connectivity index (χ1n) is 7.36. The van der Waals surface area contributed by atoms with Crippen molar-refractivity contribution in [3.63, 3.8) is 0 Å². The molecular formula is C14H10Cl2F6N4O3. The molecule has 15 heteroatoms. The highest BCUT2D eigenvalue weighted by molar-refractivity contribution is 6.39. The first-order chi connectivity index (χ1) is 13.1. The highest BCUT2D eigenvalue weighted by Crippen LogP contribution is 2.42. The Hall–Kier alpha value is -2.25. The zero-order valence-electron chi connectivity index (χ0n) is 14.0. The van der Waals surface area contributed by atoms with Crippen molar-refractivity contribution < 1.29 is 40.8 Å². The normalized spacial score (nSPS) is 14.4. The number of rotatable bonds is 4. The second-order valence-electron chi connectivity index (χ2n) is 5.71. The Morgan fingerprint density at radius 3 is 2.17 bits per heavy atom. The molecule has 1 aromatic heterocycles. The van der Waals surface area contributed by atoms with Crippen LogP contribution in [-0.4, -0.2) is 27.5 Å². The number of alkyl halides is 6. The zero-order chi connectivity index (χ0) is 22.2. The number of amides is 2. The van der Waals surface area contributed by atoms with Crippen LogP contribution in [0.1, 0.15) is 24.2 Å². The topological polar surface area (TPSA) is 100 Å². The maximum atomic E-state index is 12.9. The summed E-state index contributed by atoms with van der Waals surface area (Å²) in [6, 6.07) is 0.485. The van der Waals surface area contributed by atoms with Gasteiger partial charge in [0.05, 0.1) is 22.3 Å². The molecule has 1 heterocycles. The van der Waals surface area contributed by atoms with Crippen LogP contribution in [0.4, 0.5) is 36.8 Å². The largest absolute Gasteiger partial charge is 0.471 e. The van der Waals surface area contributed by atoms with E-state index in [1.807, 2.05) is 0 Å². The van der Waals surface area contributed by atoms with Gasteiger partial charge in [0.1, 0.15) is 0 Å². The minimum absolute atomic E-state index is 0.295. The van der Waals surface area contributed by atoms with Crippen molar-refractivity contribution >= 4 is 34.9 Å². The van der Waals surface area contributed by atoms with Gasteiger partial charge in [-0.1, -0.05) is 28.4 Å². The van der Waals surface area contributed by atoms with E-state index in [-0.39, 0.29) is 5.69 Å². The minimum Gasteiger partial charge on any atom is -0.376 e. The van der Waals surface area contributed by atoms with Gasteiger partial charge in [-0.2, -0.15) is 31.3 Å². The molecule has 0 bridgehead atoms. The first-order valence-corrected chi connectivity index (χ1v) is 8.11. The van der Waals surface area contributed by atoms with E-state index in [0.29, 0.717) is 6.92 Å². The zero-order valence-corrected chi connectivity index (χ0v) is 15.6. The molecule has 0 saturated carbocycles. The van der Waals surface area contributed by atoms with Crippen LogP contribution in [0.3, 0.4) is 0 Å². The Balaban J connectivity index is 2.10. The van der Waals surface area contributed by atoms with Crippen LogP contribution in [0, 0.1) is 0 Å². The number of nitrogens with one attached hydrogen (secondary N) is 2. The third-order valence-corrected chi connectivity index (χ3v) is 4.11. The van der Waals surface area contributed by atoms with E-state index in [0.717, 1.165) is 12.1 Å². The van der Waals surface area contributed by atoms with Gasteiger partial charge in [-0.25, -0.2) is 4.79 Å². The SMILES string of the molecule is CC(O)(c1cc(Cl)c(NC(=O)NCc2noc(C(F)(F)F)n2)c(Cl)c1)C(F)(F)F. The highest BCUT2D eigenvalue weighted by atomic mass is 35.5. The molecule has 1 atom stereocenters. The maximum absolute atomic E-state index is 12.9. The van der Waals surface area contributed by atoms with Gasteiger partial charge in [0.2, 0.25) is 0 Å². The number of hydrogen-bond donors (Lipinski definition) is 3. The molecule has 3 N–H and O–H groups in total. The third-order valence-electron chi connectivity index (χ3n) is 3.51. The summed E-state index contributed by atoms with van der Waals surface area (Å²) in [6.45, 7) is -0.0730. The average Bonchev–Trinajstić information content (AvgIpc) is 3.04. The minimum atomic E-state index is -5.02. The third kappa shape index (κ3) is 5.22. The second-order valence-corrected chi connectivity index (χ2v) is 6.52. The van der Waals surface area contributed by atoms with Gasteiger partial charge in [-0.3, -0.25) is 0 Å². The predicted molar refractivity (Wildman–Crippen MR) is 87.2 cm³/mol. The fourth-order valence-corrected chi connectivity index (χ4v) is 2.48. The van der Waals surface area contributed by atoms with Gasteiger partial charge in [-0.05, 0) is 24.6 Å². The molecule has 2 aromatic rings. The second kappa shape index (κ2) is 7.88. The monoisotopic (exact) mass is 466 g/mol.